The minimum atomic E-state index is -0.735. The number of methoxy groups -OCH3 is 1. The highest BCUT2D eigenvalue weighted by atomic mass is 16.5. The number of carbonyl (C=O) groups excluding carboxylic acids is 2. The second-order valence-corrected chi connectivity index (χ2v) is 6.81. The van der Waals surface area contributed by atoms with Gasteiger partial charge in [0.1, 0.15) is 5.75 Å². The lowest BCUT2D eigenvalue weighted by atomic mass is 10.1. The zero-order chi connectivity index (χ0) is 19.3. The first-order valence-corrected chi connectivity index (χ1v) is 8.64. The van der Waals surface area contributed by atoms with Gasteiger partial charge in [0.15, 0.2) is 0 Å². The summed E-state index contributed by atoms with van der Waals surface area (Å²) in [6, 6.07) is 6.76. The van der Waals surface area contributed by atoms with Gasteiger partial charge in [0, 0.05) is 12.2 Å². The van der Waals surface area contributed by atoms with E-state index in [2.05, 4.69) is 29.6 Å². The van der Waals surface area contributed by atoms with Crippen molar-refractivity contribution in [3.8, 4) is 5.75 Å². The fourth-order valence-corrected chi connectivity index (χ4v) is 2.63. The molecule has 0 unspecified atom stereocenters. The smallest absolute Gasteiger partial charge is 0.314 e. The summed E-state index contributed by atoms with van der Waals surface area (Å²) in [7, 11) is 1.56. The normalized spacial score (nSPS) is 10.9. The number of anilines is 2. The van der Waals surface area contributed by atoms with Crippen molar-refractivity contribution in [2.75, 3.05) is 17.7 Å². The van der Waals surface area contributed by atoms with Crippen LogP contribution >= 0.6 is 0 Å². The molecule has 2 amide bonds. The summed E-state index contributed by atoms with van der Waals surface area (Å²) >= 11 is 0. The van der Waals surface area contributed by atoms with Gasteiger partial charge in [-0.15, -0.1) is 0 Å². The molecule has 0 saturated heterocycles. The SMILES string of the molecule is COc1ccc(NC(=O)C(=O)Nc2cnn(CC(C)C)c2C(C)C)cc1. The minimum absolute atomic E-state index is 0.163. The molecule has 1 aromatic heterocycles. The number of hydrogen-bond acceptors (Lipinski definition) is 4. The average Bonchev–Trinajstić information content (AvgIpc) is 2.97. The van der Waals surface area contributed by atoms with E-state index in [1.807, 2.05) is 18.5 Å². The third kappa shape index (κ3) is 4.84. The summed E-state index contributed by atoms with van der Waals surface area (Å²) < 4.78 is 6.95. The molecule has 0 fully saturated rings. The Morgan fingerprint density at radius 2 is 1.69 bits per heavy atom. The highest BCUT2D eigenvalue weighted by Gasteiger charge is 2.20. The molecular weight excluding hydrogens is 332 g/mol. The van der Waals surface area contributed by atoms with Crippen molar-refractivity contribution in [2.24, 2.45) is 5.92 Å². The van der Waals surface area contributed by atoms with Crippen LogP contribution in [0.2, 0.25) is 0 Å². The summed E-state index contributed by atoms with van der Waals surface area (Å²) in [5, 5.41) is 9.59. The fourth-order valence-electron chi connectivity index (χ4n) is 2.63. The van der Waals surface area contributed by atoms with Crippen LogP contribution in [-0.4, -0.2) is 28.7 Å². The Balaban J connectivity index is 2.08. The number of amides is 2. The summed E-state index contributed by atoms with van der Waals surface area (Å²) in [4.78, 5) is 24.4. The molecule has 26 heavy (non-hydrogen) atoms. The van der Waals surface area contributed by atoms with Crippen LogP contribution < -0.4 is 15.4 Å². The quantitative estimate of drug-likeness (QED) is 0.776. The van der Waals surface area contributed by atoms with Crippen LogP contribution in [0.25, 0.3) is 0 Å². The van der Waals surface area contributed by atoms with Gasteiger partial charge in [-0.05, 0) is 36.1 Å². The van der Waals surface area contributed by atoms with E-state index in [0.717, 1.165) is 12.2 Å². The molecule has 2 rings (SSSR count). The predicted molar refractivity (Wildman–Crippen MR) is 101 cm³/mol. The van der Waals surface area contributed by atoms with Crippen molar-refractivity contribution >= 4 is 23.2 Å². The standard InChI is InChI=1S/C19H26N4O3/c1-12(2)11-23-17(13(3)4)16(10-20-23)22-19(25)18(24)21-14-6-8-15(26-5)9-7-14/h6-10,12-13H,11H2,1-5H3,(H,21,24)(H,22,25). The van der Waals surface area contributed by atoms with Gasteiger partial charge in [-0.25, -0.2) is 0 Å². The Morgan fingerprint density at radius 1 is 1.08 bits per heavy atom. The Morgan fingerprint density at radius 3 is 2.23 bits per heavy atom. The third-order valence-corrected chi connectivity index (χ3v) is 3.77. The van der Waals surface area contributed by atoms with E-state index in [1.165, 1.54) is 0 Å². The highest BCUT2D eigenvalue weighted by molar-refractivity contribution is 6.43. The van der Waals surface area contributed by atoms with Crippen molar-refractivity contribution in [3.63, 3.8) is 0 Å². The van der Waals surface area contributed by atoms with Gasteiger partial charge in [0.05, 0.1) is 24.7 Å². The molecule has 0 atom stereocenters. The molecule has 0 aliphatic rings. The molecule has 140 valence electrons. The first kappa shape index (κ1) is 19.5. The first-order valence-electron chi connectivity index (χ1n) is 8.64. The van der Waals surface area contributed by atoms with Crippen LogP contribution in [0, 0.1) is 5.92 Å². The zero-order valence-corrected chi connectivity index (χ0v) is 15.9. The van der Waals surface area contributed by atoms with Gasteiger partial charge >= 0.3 is 11.8 Å². The topological polar surface area (TPSA) is 85.2 Å². The van der Waals surface area contributed by atoms with Crippen LogP contribution in [0.15, 0.2) is 30.5 Å². The molecule has 1 heterocycles. The second kappa shape index (κ2) is 8.51. The van der Waals surface area contributed by atoms with E-state index in [-0.39, 0.29) is 5.92 Å². The van der Waals surface area contributed by atoms with E-state index in [0.29, 0.717) is 23.0 Å². The van der Waals surface area contributed by atoms with E-state index < -0.39 is 11.8 Å². The Hall–Kier alpha value is -2.83. The second-order valence-electron chi connectivity index (χ2n) is 6.81. The average molecular weight is 358 g/mol. The lowest BCUT2D eigenvalue weighted by molar-refractivity contribution is -0.133. The van der Waals surface area contributed by atoms with Gasteiger partial charge in [0.25, 0.3) is 0 Å². The summed E-state index contributed by atoms with van der Waals surface area (Å²) in [6.45, 7) is 9.02. The van der Waals surface area contributed by atoms with Crippen molar-refractivity contribution in [2.45, 2.75) is 40.2 Å². The van der Waals surface area contributed by atoms with E-state index in [1.54, 1.807) is 37.6 Å². The van der Waals surface area contributed by atoms with Gasteiger partial charge < -0.3 is 15.4 Å². The lowest BCUT2D eigenvalue weighted by Gasteiger charge is -2.14. The number of nitrogens with one attached hydrogen (secondary N) is 2. The van der Waals surface area contributed by atoms with E-state index >= 15 is 0 Å². The monoisotopic (exact) mass is 358 g/mol. The summed E-state index contributed by atoms with van der Waals surface area (Å²) in [6.07, 6.45) is 1.59. The Kier molecular flexibility index (Phi) is 6.38. The Bertz CT molecular complexity index is 764. The first-order chi connectivity index (χ1) is 12.3. The van der Waals surface area contributed by atoms with E-state index in [9.17, 15) is 9.59 Å². The van der Waals surface area contributed by atoms with Crippen LogP contribution in [-0.2, 0) is 16.1 Å². The molecule has 7 nitrogen and oxygen atoms in total. The molecule has 0 aliphatic heterocycles. The minimum Gasteiger partial charge on any atom is -0.497 e. The molecule has 0 radical (unpaired) electrons. The highest BCUT2D eigenvalue weighted by Crippen LogP contribution is 2.25. The van der Waals surface area contributed by atoms with Crippen LogP contribution in [0.4, 0.5) is 11.4 Å². The molecule has 0 saturated carbocycles. The largest absolute Gasteiger partial charge is 0.497 e. The molecular formula is C19H26N4O3. The number of benzene rings is 1. The maximum atomic E-state index is 12.3. The molecule has 1 aromatic carbocycles. The number of hydrogen-bond donors (Lipinski definition) is 2. The lowest BCUT2D eigenvalue weighted by Crippen LogP contribution is -2.29. The molecule has 0 spiro atoms. The third-order valence-electron chi connectivity index (χ3n) is 3.77. The van der Waals surface area contributed by atoms with Crippen LogP contribution in [0.5, 0.6) is 5.75 Å². The Labute approximate surface area is 153 Å². The number of rotatable bonds is 6. The van der Waals surface area contributed by atoms with Crippen molar-refractivity contribution in [1.29, 1.82) is 0 Å². The van der Waals surface area contributed by atoms with Crippen molar-refractivity contribution < 1.29 is 14.3 Å². The molecule has 7 heteroatoms. The molecule has 2 aromatic rings. The zero-order valence-electron chi connectivity index (χ0n) is 15.9. The maximum absolute atomic E-state index is 12.3. The van der Waals surface area contributed by atoms with Crippen molar-refractivity contribution in [3.05, 3.63) is 36.2 Å². The van der Waals surface area contributed by atoms with Crippen molar-refractivity contribution in [1.82, 2.24) is 9.78 Å². The molecule has 0 bridgehead atoms. The van der Waals surface area contributed by atoms with Gasteiger partial charge in [-0.3, -0.25) is 14.3 Å². The van der Waals surface area contributed by atoms with Crippen LogP contribution in [0.1, 0.15) is 39.3 Å². The maximum Gasteiger partial charge on any atom is 0.314 e. The fraction of sp³-hybridized carbons (Fsp3) is 0.421. The molecule has 2 N–H and O–H groups in total. The predicted octanol–water partition coefficient (Wildman–Crippen LogP) is 3.25. The summed E-state index contributed by atoms with van der Waals surface area (Å²) in [5.74, 6) is -0.203. The number of aromatic nitrogens is 2. The number of carbonyl (C=O) groups is 2. The summed E-state index contributed by atoms with van der Waals surface area (Å²) in [5.41, 5.74) is 1.99. The number of ether oxygens (including phenoxy) is 1. The van der Waals surface area contributed by atoms with E-state index in [4.69, 9.17) is 4.74 Å². The van der Waals surface area contributed by atoms with Crippen LogP contribution in [0.3, 0.4) is 0 Å². The van der Waals surface area contributed by atoms with Gasteiger partial charge in [0.2, 0.25) is 0 Å². The number of nitrogens with zero attached hydrogens (tertiary/aromatic N) is 2. The molecule has 0 aliphatic carbocycles. The van der Waals surface area contributed by atoms with Gasteiger partial charge in [-0.2, -0.15) is 5.10 Å². The van der Waals surface area contributed by atoms with Gasteiger partial charge in [-0.1, -0.05) is 27.7 Å².